The SMILES string of the molecule is CC.CCC(CNC(=O)OC)C(=O)N1CCC2(c3cccc(OC(F)(F)F)c3)CC2C1. The number of hydrogen-bond donors (Lipinski definition) is 1. The highest BCUT2D eigenvalue weighted by atomic mass is 19.4. The molecule has 3 rings (SSSR count). The number of piperidine rings is 1. The first-order chi connectivity index (χ1) is 14.7. The summed E-state index contributed by atoms with van der Waals surface area (Å²) in [6.07, 6.45) is -3.17. The third-order valence-electron chi connectivity index (χ3n) is 5.98. The van der Waals surface area contributed by atoms with Crippen LogP contribution in [0.4, 0.5) is 18.0 Å². The highest BCUT2D eigenvalue weighted by molar-refractivity contribution is 5.80. The van der Waals surface area contributed by atoms with Crippen LogP contribution < -0.4 is 10.1 Å². The number of rotatable bonds is 6. The minimum absolute atomic E-state index is 0.0152. The highest BCUT2D eigenvalue weighted by Gasteiger charge is 2.58. The summed E-state index contributed by atoms with van der Waals surface area (Å²) in [5.41, 5.74) is 0.643. The summed E-state index contributed by atoms with van der Waals surface area (Å²) in [6.45, 7) is 7.20. The molecule has 1 saturated carbocycles. The number of nitrogens with one attached hydrogen (secondary N) is 1. The van der Waals surface area contributed by atoms with E-state index in [1.165, 1.54) is 19.2 Å². The molecule has 174 valence electrons. The Bertz CT molecular complexity index is 771. The molecule has 3 unspecified atom stereocenters. The number of amides is 2. The molecular weight excluding hydrogens is 413 g/mol. The van der Waals surface area contributed by atoms with Crippen LogP contribution in [0.25, 0.3) is 0 Å². The van der Waals surface area contributed by atoms with Crippen molar-refractivity contribution in [1.82, 2.24) is 10.2 Å². The first-order valence-electron chi connectivity index (χ1n) is 10.7. The summed E-state index contributed by atoms with van der Waals surface area (Å²) in [6, 6.07) is 6.16. The van der Waals surface area contributed by atoms with Crippen LogP contribution in [0.3, 0.4) is 0 Å². The fourth-order valence-corrected chi connectivity index (χ4v) is 4.26. The van der Waals surface area contributed by atoms with Crippen molar-refractivity contribution in [2.24, 2.45) is 11.8 Å². The number of benzene rings is 1. The van der Waals surface area contributed by atoms with Gasteiger partial charge in [-0.15, -0.1) is 13.2 Å². The van der Waals surface area contributed by atoms with Crippen molar-refractivity contribution >= 4 is 12.0 Å². The second kappa shape index (κ2) is 10.2. The molecule has 0 spiro atoms. The van der Waals surface area contributed by atoms with Gasteiger partial charge in [0.15, 0.2) is 0 Å². The monoisotopic (exact) mass is 444 g/mol. The van der Waals surface area contributed by atoms with E-state index in [1.807, 2.05) is 26.8 Å². The largest absolute Gasteiger partial charge is 0.573 e. The molecule has 31 heavy (non-hydrogen) atoms. The Morgan fingerprint density at radius 1 is 1.32 bits per heavy atom. The Balaban J connectivity index is 0.00000166. The summed E-state index contributed by atoms with van der Waals surface area (Å²) < 4.78 is 46.1. The lowest BCUT2D eigenvalue weighted by Gasteiger charge is -2.34. The topological polar surface area (TPSA) is 67.9 Å². The van der Waals surface area contributed by atoms with Crippen molar-refractivity contribution in [3.63, 3.8) is 0 Å². The van der Waals surface area contributed by atoms with E-state index in [9.17, 15) is 22.8 Å². The average molecular weight is 444 g/mol. The molecule has 2 fully saturated rings. The van der Waals surface area contributed by atoms with Crippen molar-refractivity contribution in [2.45, 2.75) is 51.8 Å². The van der Waals surface area contributed by atoms with Gasteiger partial charge in [0.1, 0.15) is 5.75 Å². The number of alkyl halides is 3. The Morgan fingerprint density at radius 3 is 2.61 bits per heavy atom. The van der Waals surface area contributed by atoms with Gasteiger partial charge in [0.25, 0.3) is 0 Å². The van der Waals surface area contributed by atoms with E-state index in [2.05, 4.69) is 14.8 Å². The van der Waals surface area contributed by atoms with Gasteiger partial charge < -0.3 is 19.7 Å². The van der Waals surface area contributed by atoms with Crippen molar-refractivity contribution in [3.05, 3.63) is 29.8 Å². The molecule has 1 saturated heterocycles. The Morgan fingerprint density at radius 2 is 2.03 bits per heavy atom. The van der Waals surface area contributed by atoms with Crippen LogP contribution in [0.5, 0.6) is 5.75 Å². The van der Waals surface area contributed by atoms with Gasteiger partial charge in [-0.2, -0.15) is 0 Å². The first-order valence-corrected chi connectivity index (χ1v) is 10.7. The van der Waals surface area contributed by atoms with E-state index < -0.39 is 12.5 Å². The summed E-state index contributed by atoms with van der Waals surface area (Å²) in [7, 11) is 1.27. The van der Waals surface area contributed by atoms with Crippen LogP contribution >= 0.6 is 0 Å². The van der Waals surface area contributed by atoms with E-state index in [1.54, 1.807) is 11.0 Å². The second-order valence-corrected chi connectivity index (χ2v) is 7.64. The lowest BCUT2D eigenvalue weighted by atomic mass is 9.86. The summed E-state index contributed by atoms with van der Waals surface area (Å²) >= 11 is 0. The van der Waals surface area contributed by atoms with Crippen LogP contribution in [0.15, 0.2) is 24.3 Å². The number of carbonyl (C=O) groups is 2. The normalized spacial score (nSPS) is 22.9. The van der Waals surface area contributed by atoms with Crippen LogP contribution in [0, 0.1) is 11.8 Å². The van der Waals surface area contributed by atoms with Crippen molar-refractivity contribution < 1.29 is 32.2 Å². The van der Waals surface area contributed by atoms with E-state index in [0.29, 0.717) is 25.9 Å². The Kier molecular flexibility index (Phi) is 8.20. The van der Waals surface area contributed by atoms with Gasteiger partial charge in [-0.3, -0.25) is 4.79 Å². The van der Waals surface area contributed by atoms with E-state index in [4.69, 9.17) is 0 Å². The van der Waals surface area contributed by atoms with Crippen molar-refractivity contribution in [2.75, 3.05) is 26.7 Å². The second-order valence-electron chi connectivity index (χ2n) is 7.64. The van der Waals surface area contributed by atoms with Gasteiger partial charge in [0.2, 0.25) is 5.91 Å². The van der Waals surface area contributed by atoms with Crippen LogP contribution in [0.1, 0.15) is 45.6 Å². The molecule has 1 aliphatic heterocycles. The van der Waals surface area contributed by atoms with Gasteiger partial charge in [-0.1, -0.05) is 32.9 Å². The van der Waals surface area contributed by atoms with Crippen molar-refractivity contribution in [1.29, 1.82) is 0 Å². The lowest BCUT2D eigenvalue weighted by Crippen LogP contribution is -2.46. The first kappa shape index (κ1) is 24.8. The van der Waals surface area contributed by atoms with E-state index >= 15 is 0 Å². The highest BCUT2D eigenvalue weighted by Crippen LogP contribution is 2.59. The fourth-order valence-electron chi connectivity index (χ4n) is 4.26. The molecule has 1 heterocycles. The zero-order valence-corrected chi connectivity index (χ0v) is 18.4. The molecule has 1 aromatic rings. The predicted molar refractivity (Wildman–Crippen MR) is 110 cm³/mol. The molecule has 2 aliphatic rings. The number of carbonyl (C=O) groups excluding carboxylic acids is 2. The smallest absolute Gasteiger partial charge is 0.453 e. The number of fused-ring (bicyclic) bond motifs is 1. The minimum atomic E-state index is -4.72. The number of halogens is 3. The van der Waals surface area contributed by atoms with Gasteiger partial charge >= 0.3 is 12.5 Å². The molecule has 1 N–H and O–H groups in total. The summed E-state index contributed by atoms with van der Waals surface area (Å²) in [5.74, 6) is -0.344. The van der Waals surface area contributed by atoms with Gasteiger partial charge in [-0.05, 0) is 42.9 Å². The third-order valence-corrected chi connectivity index (χ3v) is 5.98. The van der Waals surface area contributed by atoms with E-state index in [-0.39, 0.29) is 35.5 Å². The molecule has 0 aromatic heterocycles. The number of nitrogens with zero attached hydrogens (tertiary/aromatic N) is 1. The van der Waals surface area contributed by atoms with Crippen LogP contribution in [0.2, 0.25) is 0 Å². The summed E-state index contributed by atoms with van der Waals surface area (Å²) in [4.78, 5) is 25.9. The van der Waals surface area contributed by atoms with Gasteiger partial charge in [-0.25, -0.2) is 4.79 Å². The molecule has 0 radical (unpaired) electrons. The maximum Gasteiger partial charge on any atom is 0.573 e. The Labute approximate surface area is 181 Å². The number of alkyl carbamates (subject to hydrolysis) is 1. The standard InChI is InChI=1S/C20H25F3N2O4.C2H6/c1-3-13(11-24-18(27)28-2)17(26)25-8-7-19(10-15(19)12-25)14-5-4-6-16(9-14)29-20(21,22)23;1-2/h4-6,9,13,15H,3,7-8,10-12H2,1-2H3,(H,24,27);1-2H3. The van der Waals surface area contributed by atoms with Gasteiger partial charge in [0, 0.05) is 25.0 Å². The molecule has 9 heteroatoms. The summed E-state index contributed by atoms with van der Waals surface area (Å²) in [5, 5.41) is 2.57. The maximum absolute atomic E-state index is 12.8. The minimum Gasteiger partial charge on any atom is -0.453 e. The maximum atomic E-state index is 12.8. The molecule has 0 bridgehead atoms. The third kappa shape index (κ3) is 6.04. The fraction of sp³-hybridized carbons (Fsp3) is 0.636. The molecular formula is C22H31F3N2O4. The van der Waals surface area contributed by atoms with E-state index in [0.717, 1.165) is 12.0 Å². The average Bonchev–Trinajstić information content (AvgIpc) is 3.49. The zero-order valence-electron chi connectivity index (χ0n) is 18.4. The zero-order chi connectivity index (χ0) is 23.2. The number of methoxy groups -OCH3 is 1. The number of ether oxygens (including phenoxy) is 2. The van der Waals surface area contributed by atoms with Crippen LogP contribution in [-0.2, 0) is 14.9 Å². The van der Waals surface area contributed by atoms with Crippen LogP contribution in [-0.4, -0.2) is 50.0 Å². The number of hydrogen-bond acceptors (Lipinski definition) is 4. The molecule has 1 aliphatic carbocycles. The van der Waals surface area contributed by atoms with Crippen molar-refractivity contribution in [3.8, 4) is 5.75 Å². The predicted octanol–water partition coefficient (Wildman–Crippen LogP) is 4.48. The lowest BCUT2D eigenvalue weighted by molar-refractivity contribution is -0.274. The number of likely N-dealkylation sites (tertiary alicyclic amines) is 1. The van der Waals surface area contributed by atoms with Gasteiger partial charge in [0.05, 0.1) is 13.0 Å². The Hall–Kier alpha value is -2.45. The molecule has 6 nitrogen and oxygen atoms in total. The molecule has 2 amide bonds. The quantitative estimate of drug-likeness (QED) is 0.702. The molecule has 1 aromatic carbocycles. The molecule has 3 atom stereocenters.